The number of alkyl halides is 1. The largest absolute Gasteiger partial charge is 0.382 e. The lowest BCUT2D eigenvalue weighted by Crippen LogP contribution is -2.24. The Balaban J connectivity index is 1.71. The molecule has 2 aliphatic carbocycles. The summed E-state index contributed by atoms with van der Waals surface area (Å²) in [5, 5.41) is 7.69. The van der Waals surface area contributed by atoms with Crippen LogP contribution >= 0.6 is 22.6 Å². The molecule has 2 aliphatic rings. The van der Waals surface area contributed by atoms with Crippen molar-refractivity contribution in [2.75, 3.05) is 10.6 Å². The summed E-state index contributed by atoms with van der Waals surface area (Å²) in [5.41, 5.74) is 4.17. The Morgan fingerprint density at radius 3 is 2.08 bits per heavy atom. The summed E-state index contributed by atoms with van der Waals surface area (Å²) in [4.78, 5) is 0. The van der Waals surface area contributed by atoms with E-state index in [1.54, 1.807) is 0 Å². The molecule has 24 heavy (non-hydrogen) atoms. The van der Waals surface area contributed by atoms with Crippen LogP contribution in [0.2, 0.25) is 0 Å². The Hall–Kier alpha value is -0.450. The lowest BCUT2D eigenvalue weighted by Gasteiger charge is -2.27. The van der Waals surface area contributed by atoms with Crippen LogP contribution in [0.4, 0.5) is 11.4 Å². The van der Waals surface area contributed by atoms with E-state index in [0.29, 0.717) is 16.0 Å². The highest BCUT2D eigenvalue weighted by molar-refractivity contribution is 14.1. The summed E-state index contributed by atoms with van der Waals surface area (Å²) < 4.78 is 0.673. The summed E-state index contributed by atoms with van der Waals surface area (Å²) in [6.45, 7) is 2.30. The molecule has 1 atom stereocenters. The number of rotatable bonds is 6. The van der Waals surface area contributed by atoms with Crippen molar-refractivity contribution in [3.05, 3.63) is 23.8 Å². The van der Waals surface area contributed by atoms with E-state index in [4.69, 9.17) is 0 Å². The Morgan fingerprint density at radius 2 is 1.50 bits per heavy atom. The number of hydrogen-bond donors (Lipinski definition) is 2. The van der Waals surface area contributed by atoms with Crippen molar-refractivity contribution in [2.24, 2.45) is 0 Å². The molecule has 1 aromatic rings. The predicted octanol–water partition coefficient (Wildman–Crippen LogP) is 6.54. The van der Waals surface area contributed by atoms with Crippen molar-refractivity contribution < 1.29 is 0 Å². The van der Waals surface area contributed by atoms with Gasteiger partial charge in [-0.15, -0.1) is 0 Å². The van der Waals surface area contributed by atoms with Crippen molar-refractivity contribution in [2.45, 2.75) is 93.6 Å². The zero-order valence-corrected chi connectivity index (χ0v) is 17.3. The van der Waals surface area contributed by atoms with Crippen LogP contribution < -0.4 is 10.6 Å². The van der Waals surface area contributed by atoms with Crippen LogP contribution in [0, 0.1) is 0 Å². The van der Waals surface area contributed by atoms with Gasteiger partial charge >= 0.3 is 0 Å². The van der Waals surface area contributed by atoms with Gasteiger partial charge in [0.15, 0.2) is 0 Å². The molecule has 0 spiro atoms. The van der Waals surface area contributed by atoms with Crippen molar-refractivity contribution in [1.82, 2.24) is 0 Å². The highest BCUT2D eigenvalue weighted by atomic mass is 127. The maximum atomic E-state index is 3.89. The molecule has 1 aromatic carbocycles. The van der Waals surface area contributed by atoms with E-state index < -0.39 is 0 Å². The molecule has 0 bridgehead atoms. The first-order valence-corrected chi connectivity index (χ1v) is 11.3. The molecule has 3 rings (SSSR count). The molecule has 1 unspecified atom stereocenters. The summed E-state index contributed by atoms with van der Waals surface area (Å²) >= 11 is 2.54. The summed E-state index contributed by atoms with van der Waals surface area (Å²) in [7, 11) is 0. The summed E-state index contributed by atoms with van der Waals surface area (Å²) in [5.74, 6) is 0. The van der Waals surface area contributed by atoms with Gasteiger partial charge in [-0.05, 0) is 49.8 Å². The third-order valence-electron chi connectivity index (χ3n) is 5.55. The van der Waals surface area contributed by atoms with Gasteiger partial charge in [0.1, 0.15) is 0 Å². The van der Waals surface area contributed by atoms with Gasteiger partial charge in [-0.1, -0.05) is 74.1 Å². The minimum absolute atomic E-state index is 0.673. The Labute approximate surface area is 161 Å². The number of benzene rings is 1. The molecular weight excluding hydrogens is 407 g/mol. The van der Waals surface area contributed by atoms with Crippen LogP contribution in [0.1, 0.15) is 76.7 Å². The van der Waals surface area contributed by atoms with Crippen LogP contribution in [0.3, 0.4) is 0 Å². The Morgan fingerprint density at radius 1 is 0.917 bits per heavy atom. The highest BCUT2D eigenvalue weighted by Crippen LogP contribution is 2.29. The van der Waals surface area contributed by atoms with Crippen LogP contribution in [0.25, 0.3) is 0 Å². The number of nitrogens with one attached hydrogen (secondary N) is 2. The fourth-order valence-corrected chi connectivity index (χ4v) is 4.71. The van der Waals surface area contributed by atoms with Crippen LogP contribution in [-0.4, -0.2) is 16.0 Å². The standard InChI is InChI=1S/C21H33IN2/c1-16(22)14-17-12-13-20(23-18-8-4-2-5-9-18)15-21(17)24-19-10-6-3-7-11-19/h12-13,15-16,18-19,23-24H,2-11,14H2,1H3. The molecule has 2 saturated carbocycles. The zero-order chi connectivity index (χ0) is 16.8. The van der Waals surface area contributed by atoms with Crippen LogP contribution in [-0.2, 0) is 6.42 Å². The molecule has 134 valence electrons. The van der Waals surface area contributed by atoms with Gasteiger partial charge in [0, 0.05) is 27.4 Å². The first-order valence-electron chi connectivity index (χ1n) is 10.0. The van der Waals surface area contributed by atoms with Gasteiger partial charge < -0.3 is 10.6 Å². The molecular formula is C21H33IN2. The van der Waals surface area contributed by atoms with Crippen molar-refractivity contribution in [1.29, 1.82) is 0 Å². The lowest BCUT2D eigenvalue weighted by atomic mass is 9.94. The van der Waals surface area contributed by atoms with Gasteiger partial charge in [-0.3, -0.25) is 0 Å². The lowest BCUT2D eigenvalue weighted by molar-refractivity contribution is 0.461. The second kappa shape index (κ2) is 9.30. The van der Waals surface area contributed by atoms with Gasteiger partial charge in [-0.25, -0.2) is 0 Å². The second-order valence-corrected chi connectivity index (χ2v) is 9.94. The van der Waals surface area contributed by atoms with Crippen molar-refractivity contribution in [3.8, 4) is 0 Å². The predicted molar refractivity (Wildman–Crippen MR) is 115 cm³/mol. The van der Waals surface area contributed by atoms with E-state index in [-0.39, 0.29) is 0 Å². The molecule has 2 N–H and O–H groups in total. The number of hydrogen-bond acceptors (Lipinski definition) is 2. The van der Waals surface area contributed by atoms with E-state index in [1.807, 2.05) is 0 Å². The van der Waals surface area contributed by atoms with Crippen molar-refractivity contribution >= 4 is 34.0 Å². The van der Waals surface area contributed by atoms with E-state index in [9.17, 15) is 0 Å². The third kappa shape index (κ3) is 5.53. The van der Waals surface area contributed by atoms with Gasteiger partial charge in [0.25, 0.3) is 0 Å². The van der Waals surface area contributed by atoms with E-state index in [0.717, 1.165) is 6.42 Å². The average molecular weight is 440 g/mol. The maximum Gasteiger partial charge on any atom is 0.0395 e. The third-order valence-corrected chi connectivity index (χ3v) is 5.99. The van der Waals surface area contributed by atoms with Gasteiger partial charge in [-0.2, -0.15) is 0 Å². The monoisotopic (exact) mass is 440 g/mol. The Bertz CT molecular complexity index is 503. The first kappa shape index (κ1) is 18.3. The van der Waals surface area contributed by atoms with E-state index in [1.165, 1.54) is 81.1 Å². The normalized spacial score (nSPS) is 21.4. The van der Waals surface area contributed by atoms with Gasteiger partial charge in [0.2, 0.25) is 0 Å². The molecule has 0 aromatic heterocycles. The molecule has 0 heterocycles. The van der Waals surface area contributed by atoms with Crippen LogP contribution in [0.15, 0.2) is 18.2 Å². The number of anilines is 2. The molecule has 2 nitrogen and oxygen atoms in total. The topological polar surface area (TPSA) is 24.1 Å². The first-order chi connectivity index (χ1) is 11.7. The molecule has 3 heteroatoms. The quantitative estimate of drug-likeness (QED) is 0.388. The summed E-state index contributed by atoms with van der Waals surface area (Å²) in [6.07, 6.45) is 14.8. The maximum absolute atomic E-state index is 3.89. The van der Waals surface area contributed by atoms with Crippen LogP contribution in [0.5, 0.6) is 0 Å². The Kier molecular flexibility index (Phi) is 7.11. The molecule has 0 radical (unpaired) electrons. The van der Waals surface area contributed by atoms with Gasteiger partial charge in [0.05, 0.1) is 0 Å². The van der Waals surface area contributed by atoms with E-state index in [2.05, 4.69) is 58.3 Å². The highest BCUT2D eigenvalue weighted by Gasteiger charge is 2.17. The summed E-state index contributed by atoms with van der Waals surface area (Å²) in [6, 6.07) is 8.39. The smallest absolute Gasteiger partial charge is 0.0395 e. The molecule has 2 fully saturated rings. The zero-order valence-electron chi connectivity index (χ0n) is 15.1. The molecule has 0 aliphatic heterocycles. The minimum Gasteiger partial charge on any atom is -0.382 e. The minimum atomic E-state index is 0.673. The number of halogens is 1. The molecule has 0 amide bonds. The van der Waals surface area contributed by atoms with Crippen molar-refractivity contribution in [3.63, 3.8) is 0 Å². The molecule has 0 saturated heterocycles. The SMILES string of the molecule is CC(I)Cc1ccc(NC2CCCCC2)cc1NC1CCCCC1. The average Bonchev–Trinajstić information content (AvgIpc) is 2.59. The van der Waals surface area contributed by atoms with E-state index >= 15 is 0 Å². The second-order valence-electron chi connectivity index (χ2n) is 7.82. The fourth-order valence-electron chi connectivity index (χ4n) is 4.23. The fraction of sp³-hybridized carbons (Fsp3) is 0.714.